The SMILES string of the molecule is COc1cccc(Cn2nc(C)c(C#N)cc2=O)c1. The van der Waals surface area contributed by atoms with E-state index < -0.39 is 0 Å². The lowest BCUT2D eigenvalue weighted by Gasteiger charge is -2.07. The van der Waals surface area contributed by atoms with Crippen molar-refractivity contribution in [3.8, 4) is 11.8 Å². The van der Waals surface area contributed by atoms with Gasteiger partial charge in [0.25, 0.3) is 5.56 Å². The fourth-order valence-corrected chi connectivity index (χ4v) is 1.76. The van der Waals surface area contributed by atoms with Crippen molar-refractivity contribution >= 4 is 0 Å². The van der Waals surface area contributed by atoms with Crippen LogP contribution < -0.4 is 10.3 Å². The fourth-order valence-electron chi connectivity index (χ4n) is 1.76. The zero-order valence-corrected chi connectivity index (χ0v) is 10.8. The number of aryl methyl sites for hydroxylation is 1. The van der Waals surface area contributed by atoms with E-state index in [1.807, 2.05) is 30.3 Å². The Balaban J connectivity index is 2.36. The van der Waals surface area contributed by atoms with E-state index in [0.717, 1.165) is 11.3 Å². The van der Waals surface area contributed by atoms with E-state index in [1.165, 1.54) is 10.7 Å². The summed E-state index contributed by atoms with van der Waals surface area (Å²) in [6, 6.07) is 10.7. The summed E-state index contributed by atoms with van der Waals surface area (Å²) in [4.78, 5) is 11.8. The first-order chi connectivity index (χ1) is 9.13. The maximum atomic E-state index is 11.8. The highest BCUT2D eigenvalue weighted by Crippen LogP contribution is 2.13. The monoisotopic (exact) mass is 255 g/mol. The van der Waals surface area contributed by atoms with Crippen molar-refractivity contribution in [2.24, 2.45) is 0 Å². The van der Waals surface area contributed by atoms with E-state index >= 15 is 0 Å². The predicted octanol–water partition coefficient (Wildman–Crippen LogP) is 1.48. The summed E-state index contributed by atoms with van der Waals surface area (Å²) in [5.74, 6) is 0.732. The largest absolute Gasteiger partial charge is 0.497 e. The molecule has 19 heavy (non-hydrogen) atoms. The number of methoxy groups -OCH3 is 1. The van der Waals surface area contributed by atoms with Gasteiger partial charge in [0.15, 0.2) is 0 Å². The molecule has 96 valence electrons. The van der Waals surface area contributed by atoms with Crippen LogP contribution in [0.5, 0.6) is 5.75 Å². The van der Waals surface area contributed by atoms with Crippen LogP contribution in [0.15, 0.2) is 35.1 Å². The van der Waals surface area contributed by atoms with E-state index in [-0.39, 0.29) is 5.56 Å². The molecule has 0 atom stereocenters. The molecule has 0 aliphatic rings. The molecule has 0 aliphatic heterocycles. The minimum absolute atomic E-state index is 0.287. The van der Waals surface area contributed by atoms with Crippen molar-refractivity contribution in [3.63, 3.8) is 0 Å². The normalized spacial score (nSPS) is 9.95. The topological polar surface area (TPSA) is 67.9 Å². The number of ether oxygens (including phenoxy) is 1. The molecule has 0 unspecified atom stereocenters. The van der Waals surface area contributed by atoms with E-state index in [0.29, 0.717) is 17.8 Å². The molecule has 1 aromatic carbocycles. The molecule has 0 bridgehead atoms. The van der Waals surface area contributed by atoms with E-state index in [1.54, 1.807) is 14.0 Å². The highest BCUT2D eigenvalue weighted by molar-refractivity contribution is 5.31. The Hall–Kier alpha value is -2.61. The van der Waals surface area contributed by atoms with Crippen LogP contribution in [0.25, 0.3) is 0 Å². The molecule has 0 N–H and O–H groups in total. The Morgan fingerprint density at radius 3 is 2.89 bits per heavy atom. The quantitative estimate of drug-likeness (QED) is 0.833. The number of rotatable bonds is 3. The van der Waals surface area contributed by atoms with Gasteiger partial charge >= 0.3 is 0 Å². The summed E-state index contributed by atoms with van der Waals surface area (Å²) in [5, 5.41) is 13.0. The number of nitriles is 1. The number of nitrogens with zero attached hydrogens (tertiary/aromatic N) is 3. The summed E-state index contributed by atoms with van der Waals surface area (Å²) in [6.07, 6.45) is 0. The molecule has 0 aliphatic carbocycles. The molecule has 0 saturated heterocycles. The molecule has 0 spiro atoms. The molecule has 0 saturated carbocycles. The van der Waals surface area contributed by atoms with Gasteiger partial charge in [-0.25, -0.2) is 4.68 Å². The third kappa shape index (κ3) is 2.80. The molecule has 0 radical (unpaired) electrons. The number of hydrogen-bond donors (Lipinski definition) is 0. The van der Waals surface area contributed by atoms with Gasteiger partial charge in [0.2, 0.25) is 0 Å². The van der Waals surface area contributed by atoms with E-state index in [4.69, 9.17) is 10.00 Å². The van der Waals surface area contributed by atoms with E-state index in [2.05, 4.69) is 5.10 Å². The summed E-state index contributed by atoms with van der Waals surface area (Å²) < 4.78 is 6.47. The molecule has 2 rings (SSSR count). The molecule has 1 aromatic heterocycles. The summed E-state index contributed by atoms with van der Waals surface area (Å²) in [5.41, 5.74) is 1.49. The van der Waals surface area contributed by atoms with Crippen molar-refractivity contribution in [2.75, 3.05) is 7.11 Å². The zero-order chi connectivity index (χ0) is 13.8. The van der Waals surface area contributed by atoms with Crippen LogP contribution >= 0.6 is 0 Å². The van der Waals surface area contributed by atoms with Crippen molar-refractivity contribution in [3.05, 3.63) is 57.5 Å². The minimum atomic E-state index is -0.287. The van der Waals surface area contributed by atoms with Gasteiger partial charge in [0.05, 0.1) is 24.9 Å². The van der Waals surface area contributed by atoms with Gasteiger partial charge in [0.1, 0.15) is 11.8 Å². The molecule has 5 heteroatoms. The van der Waals surface area contributed by atoms with Crippen LogP contribution in [0, 0.1) is 18.3 Å². The lowest BCUT2D eigenvalue weighted by atomic mass is 10.2. The van der Waals surface area contributed by atoms with Crippen molar-refractivity contribution in [1.82, 2.24) is 9.78 Å². The van der Waals surface area contributed by atoms with Gasteiger partial charge in [-0.05, 0) is 24.6 Å². The lowest BCUT2D eigenvalue weighted by molar-refractivity contribution is 0.414. The summed E-state index contributed by atoms with van der Waals surface area (Å²) in [7, 11) is 1.59. The third-order valence-electron chi connectivity index (χ3n) is 2.77. The number of hydrogen-bond acceptors (Lipinski definition) is 4. The molecular formula is C14H13N3O2. The van der Waals surface area contributed by atoms with Crippen LogP contribution in [0.1, 0.15) is 16.8 Å². The maximum absolute atomic E-state index is 11.8. The smallest absolute Gasteiger partial charge is 0.268 e. The van der Waals surface area contributed by atoms with Gasteiger partial charge in [-0.3, -0.25) is 4.79 Å². The molecule has 1 heterocycles. The average Bonchev–Trinajstić information content (AvgIpc) is 2.42. The van der Waals surface area contributed by atoms with Crippen LogP contribution in [0.3, 0.4) is 0 Å². The zero-order valence-electron chi connectivity index (χ0n) is 10.8. The van der Waals surface area contributed by atoms with E-state index in [9.17, 15) is 4.79 Å². The van der Waals surface area contributed by atoms with Gasteiger partial charge in [-0.15, -0.1) is 0 Å². The highest BCUT2D eigenvalue weighted by Gasteiger charge is 2.05. The first-order valence-electron chi connectivity index (χ1n) is 5.76. The Morgan fingerprint density at radius 2 is 2.21 bits per heavy atom. The van der Waals surface area contributed by atoms with Crippen LogP contribution in [0.4, 0.5) is 0 Å². The molecule has 5 nitrogen and oxygen atoms in total. The summed E-state index contributed by atoms with van der Waals surface area (Å²) in [6.45, 7) is 2.06. The summed E-state index contributed by atoms with van der Waals surface area (Å²) >= 11 is 0. The van der Waals surface area contributed by atoms with Crippen LogP contribution in [0.2, 0.25) is 0 Å². The molecule has 0 fully saturated rings. The first-order valence-corrected chi connectivity index (χ1v) is 5.76. The van der Waals surface area contributed by atoms with Crippen LogP contribution in [-0.4, -0.2) is 16.9 Å². The molecule has 2 aromatic rings. The maximum Gasteiger partial charge on any atom is 0.268 e. The minimum Gasteiger partial charge on any atom is -0.497 e. The Morgan fingerprint density at radius 1 is 1.42 bits per heavy atom. The predicted molar refractivity (Wildman–Crippen MR) is 70.0 cm³/mol. The van der Waals surface area contributed by atoms with Crippen molar-refractivity contribution in [1.29, 1.82) is 5.26 Å². The van der Waals surface area contributed by atoms with Gasteiger partial charge in [0, 0.05) is 6.07 Å². The highest BCUT2D eigenvalue weighted by atomic mass is 16.5. The second-order valence-electron chi connectivity index (χ2n) is 4.10. The Labute approximate surface area is 110 Å². The Kier molecular flexibility index (Phi) is 3.62. The van der Waals surface area contributed by atoms with Gasteiger partial charge < -0.3 is 4.74 Å². The Bertz CT molecular complexity index is 699. The van der Waals surface area contributed by atoms with Gasteiger partial charge in [-0.2, -0.15) is 10.4 Å². The average molecular weight is 255 g/mol. The fraction of sp³-hybridized carbons (Fsp3) is 0.214. The van der Waals surface area contributed by atoms with Gasteiger partial charge in [-0.1, -0.05) is 12.1 Å². The third-order valence-corrected chi connectivity index (χ3v) is 2.77. The molecular weight excluding hydrogens is 242 g/mol. The second-order valence-corrected chi connectivity index (χ2v) is 4.10. The van der Waals surface area contributed by atoms with Crippen LogP contribution in [-0.2, 0) is 6.54 Å². The van der Waals surface area contributed by atoms with Crippen molar-refractivity contribution in [2.45, 2.75) is 13.5 Å². The second kappa shape index (κ2) is 5.36. The first kappa shape index (κ1) is 12.8. The standard InChI is InChI=1S/C14H13N3O2/c1-10-12(8-15)7-14(18)17(16-10)9-11-4-3-5-13(6-11)19-2/h3-7H,9H2,1-2H3. The number of benzene rings is 1. The lowest BCUT2D eigenvalue weighted by Crippen LogP contribution is -2.24. The molecule has 0 amide bonds. The van der Waals surface area contributed by atoms with Crippen molar-refractivity contribution < 1.29 is 4.74 Å². The number of aromatic nitrogens is 2.